The van der Waals surface area contributed by atoms with Gasteiger partial charge in [-0.15, -0.1) is 0 Å². The minimum Gasteiger partial charge on any atom is -0.198 e. The van der Waals surface area contributed by atoms with Crippen molar-refractivity contribution in [3.05, 3.63) is 16.3 Å². The zero-order valence-electron chi connectivity index (χ0n) is 6.40. The van der Waals surface area contributed by atoms with Crippen LogP contribution in [-0.2, 0) is 0 Å². The summed E-state index contributed by atoms with van der Waals surface area (Å²) >= 11 is 3.28. The number of allylic oxidation sites excluding steroid dienone is 2. The highest BCUT2D eigenvalue weighted by atomic mass is 79.9. The predicted octanol–water partition coefficient (Wildman–Crippen LogP) is 2.88. The molecule has 1 nitrogen and oxygen atoms in total. The topological polar surface area (TPSA) is 12.4 Å². The lowest BCUT2D eigenvalue weighted by Gasteiger charge is -2.15. The molecule has 1 rings (SSSR count). The van der Waals surface area contributed by atoms with E-state index >= 15 is 0 Å². The molecule has 1 aliphatic rings. The lowest BCUT2D eigenvalue weighted by Crippen LogP contribution is -2.06. The van der Waals surface area contributed by atoms with Crippen molar-refractivity contribution in [3.8, 4) is 0 Å². The van der Waals surface area contributed by atoms with Crippen molar-refractivity contribution in [1.82, 2.24) is 0 Å². The second-order valence-electron chi connectivity index (χ2n) is 3.35. The molecule has 10 heavy (non-hydrogen) atoms. The van der Waals surface area contributed by atoms with Crippen LogP contribution in [0.15, 0.2) is 21.2 Å². The van der Waals surface area contributed by atoms with E-state index in [-0.39, 0.29) is 5.41 Å². The Morgan fingerprint density at radius 3 is 2.30 bits per heavy atom. The summed E-state index contributed by atoms with van der Waals surface area (Å²) in [6.07, 6.45) is 2.00. The number of halogens is 1. The molecule has 0 N–H and O–H groups in total. The second kappa shape index (κ2) is 2.37. The summed E-state index contributed by atoms with van der Waals surface area (Å²) in [4.78, 5) is 3.97. The van der Waals surface area contributed by atoms with Gasteiger partial charge in [0.25, 0.3) is 0 Å². The molecule has 0 amide bonds. The minimum atomic E-state index is 0.166. The summed E-state index contributed by atoms with van der Waals surface area (Å²) in [5, 5.41) is 0. The third-order valence-corrected chi connectivity index (χ3v) is 1.76. The van der Waals surface area contributed by atoms with Gasteiger partial charge in [-0.1, -0.05) is 20.8 Å². The molecule has 0 atom stereocenters. The molecular weight excluding hydrogens is 190 g/mol. The van der Waals surface area contributed by atoms with E-state index in [9.17, 15) is 0 Å². The van der Waals surface area contributed by atoms with Gasteiger partial charge in [0.05, 0.1) is 0 Å². The Balaban J connectivity index is 2.91. The van der Waals surface area contributed by atoms with E-state index in [1.165, 1.54) is 0 Å². The van der Waals surface area contributed by atoms with Gasteiger partial charge in [-0.2, -0.15) is 4.99 Å². The van der Waals surface area contributed by atoms with E-state index in [1.807, 2.05) is 6.08 Å². The molecule has 0 aromatic rings. The van der Waals surface area contributed by atoms with Gasteiger partial charge in [0, 0.05) is 5.57 Å². The summed E-state index contributed by atoms with van der Waals surface area (Å²) < 4.78 is 0.873. The van der Waals surface area contributed by atoms with Crippen molar-refractivity contribution >= 4 is 21.8 Å². The van der Waals surface area contributed by atoms with Crippen LogP contribution >= 0.6 is 15.9 Å². The molecule has 0 fully saturated rings. The van der Waals surface area contributed by atoms with E-state index in [0.717, 1.165) is 10.2 Å². The molecule has 2 heteroatoms. The monoisotopic (exact) mass is 199 g/mol. The number of hydrogen-bond donors (Lipinski definition) is 0. The van der Waals surface area contributed by atoms with Gasteiger partial charge in [0.2, 0.25) is 0 Å². The second-order valence-corrected chi connectivity index (χ2v) is 4.17. The zero-order valence-corrected chi connectivity index (χ0v) is 7.99. The normalized spacial score (nSPS) is 17.2. The summed E-state index contributed by atoms with van der Waals surface area (Å²) in [6.45, 7) is 6.44. The van der Waals surface area contributed by atoms with Gasteiger partial charge in [0.15, 0.2) is 0 Å². The van der Waals surface area contributed by atoms with Gasteiger partial charge in [-0.05, 0) is 33.3 Å². The molecule has 0 saturated heterocycles. The maximum Gasteiger partial charge on any atom is 0.117 e. The SMILES string of the molecule is CC(C)(C)C1=C=NC(Br)=C1. The fraction of sp³-hybridized carbons (Fsp3) is 0.500. The fourth-order valence-corrected chi connectivity index (χ4v) is 0.999. The number of hydrogen-bond acceptors (Lipinski definition) is 1. The Morgan fingerprint density at radius 1 is 1.50 bits per heavy atom. The maximum absolute atomic E-state index is 3.97. The van der Waals surface area contributed by atoms with Crippen molar-refractivity contribution in [2.45, 2.75) is 20.8 Å². The molecule has 0 aliphatic carbocycles. The molecule has 0 aromatic carbocycles. The van der Waals surface area contributed by atoms with E-state index in [0.29, 0.717) is 0 Å². The Kier molecular flexibility index (Phi) is 1.84. The highest BCUT2D eigenvalue weighted by molar-refractivity contribution is 9.11. The lowest BCUT2D eigenvalue weighted by molar-refractivity contribution is 0.524. The first kappa shape index (κ1) is 7.77. The minimum absolute atomic E-state index is 0.166. The average molecular weight is 200 g/mol. The van der Waals surface area contributed by atoms with Crippen molar-refractivity contribution < 1.29 is 0 Å². The molecule has 0 aromatic heterocycles. The molecular formula is C8H10BrN. The lowest BCUT2D eigenvalue weighted by atomic mass is 9.88. The first-order chi connectivity index (χ1) is 4.50. The molecule has 1 aliphatic heterocycles. The van der Waals surface area contributed by atoms with Crippen LogP contribution in [0.25, 0.3) is 0 Å². The first-order valence-corrected chi connectivity index (χ1v) is 4.01. The van der Waals surface area contributed by atoms with Crippen molar-refractivity contribution in [3.63, 3.8) is 0 Å². The van der Waals surface area contributed by atoms with Crippen LogP contribution in [0.3, 0.4) is 0 Å². The summed E-state index contributed by atoms with van der Waals surface area (Å²) in [6, 6.07) is 0. The smallest absolute Gasteiger partial charge is 0.117 e. The largest absolute Gasteiger partial charge is 0.198 e. The maximum atomic E-state index is 3.97. The molecule has 0 spiro atoms. The number of nitrogens with zero attached hydrogens (tertiary/aromatic N) is 1. The molecule has 0 bridgehead atoms. The highest BCUT2D eigenvalue weighted by Gasteiger charge is 2.17. The Bertz CT molecular complexity index is 236. The molecule has 0 radical (unpaired) electrons. The van der Waals surface area contributed by atoms with Crippen molar-refractivity contribution in [2.24, 2.45) is 10.4 Å². The first-order valence-electron chi connectivity index (χ1n) is 3.21. The third-order valence-electron chi connectivity index (χ3n) is 1.35. The average Bonchev–Trinajstić information content (AvgIpc) is 2.11. The summed E-state index contributed by atoms with van der Waals surface area (Å²) in [5.74, 6) is 2.95. The van der Waals surface area contributed by atoms with Crippen LogP contribution in [0.5, 0.6) is 0 Å². The third kappa shape index (κ3) is 1.59. The van der Waals surface area contributed by atoms with E-state index in [4.69, 9.17) is 0 Å². The van der Waals surface area contributed by atoms with Crippen LogP contribution < -0.4 is 0 Å². The predicted molar refractivity (Wildman–Crippen MR) is 47.4 cm³/mol. The fourth-order valence-electron chi connectivity index (χ4n) is 0.681. The van der Waals surface area contributed by atoms with Gasteiger partial charge >= 0.3 is 0 Å². The van der Waals surface area contributed by atoms with E-state index < -0.39 is 0 Å². The Hall–Kier alpha value is -0.330. The van der Waals surface area contributed by atoms with Crippen LogP contribution in [0.2, 0.25) is 0 Å². The van der Waals surface area contributed by atoms with Crippen LogP contribution in [0.1, 0.15) is 20.8 Å². The van der Waals surface area contributed by atoms with E-state index in [2.05, 4.69) is 47.6 Å². The van der Waals surface area contributed by atoms with E-state index in [1.54, 1.807) is 0 Å². The van der Waals surface area contributed by atoms with Crippen LogP contribution in [0, 0.1) is 5.41 Å². The molecule has 54 valence electrons. The summed E-state index contributed by atoms with van der Waals surface area (Å²) in [5.41, 5.74) is 1.32. The Morgan fingerprint density at radius 2 is 2.10 bits per heavy atom. The standard InChI is InChI=1S/C8H10BrN/c1-8(2,3)6-4-7(9)10-5-6/h4H,1-3H3. The van der Waals surface area contributed by atoms with Gasteiger partial charge in [0.1, 0.15) is 4.61 Å². The van der Waals surface area contributed by atoms with Crippen molar-refractivity contribution in [2.75, 3.05) is 0 Å². The highest BCUT2D eigenvalue weighted by Crippen LogP contribution is 2.28. The van der Waals surface area contributed by atoms with Gasteiger partial charge in [-0.25, -0.2) is 0 Å². The van der Waals surface area contributed by atoms with Crippen LogP contribution in [0.4, 0.5) is 0 Å². The van der Waals surface area contributed by atoms with Gasteiger partial charge in [-0.3, -0.25) is 0 Å². The molecule has 1 heterocycles. The van der Waals surface area contributed by atoms with Crippen LogP contribution in [-0.4, -0.2) is 5.87 Å². The zero-order chi connectivity index (χ0) is 7.78. The number of rotatable bonds is 0. The Labute approximate surface area is 69.7 Å². The molecule has 0 unspecified atom stereocenters. The quantitative estimate of drug-likeness (QED) is 0.533. The van der Waals surface area contributed by atoms with Gasteiger partial charge < -0.3 is 0 Å². The van der Waals surface area contributed by atoms with Crippen molar-refractivity contribution in [1.29, 1.82) is 0 Å². The summed E-state index contributed by atoms with van der Waals surface area (Å²) in [7, 11) is 0. The number of aliphatic imine (C=N–C) groups is 1. The molecule has 0 saturated carbocycles.